The number of fused-ring (bicyclic) bond motifs is 3. The lowest BCUT2D eigenvalue weighted by molar-refractivity contribution is 0.0593. The van der Waals surface area contributed by atoms with E-state index >= 15 is 0 Å². The molecule has 33 heavy (non-hydrogen) atoms. The molecule has 0 atom stereocenters. The molecule has 1 aromatic carbocycles. The fourth-order valence-corrected chi connectivity index (χ4v) is 5.24. The number of anilines is 1. The highest BCUT2D eigenvalue weighted by Crippen LogP contribution is 2.32. The summed E-state index contributed by atoms with van der Waals surface area (Å²) in [5.74, 6) is 1.69. The van der Waals surface area contributed by atoms with E-state index in [1.54, 1.807) is 6.08 Å². The van der Waals surface area contributed by atoms with Gasteiger partial charge in [0.1, 0.15) is 23.1 Å². The SMILES string of the molecule is C=C/C=C1/OCCO/C1=C/CNc1ccc2c(c1)c1c(n2C)CCN(CCCS(C)(=O)=O)C1. The van der Waals surface area contributed by atoms with Crippen molar-refractivity contribution in [2.75, 3.05) is 50.2 Å². The Kier molecular flexibility index (Phi) is 7.14. The molecule has 1 fully saturated rings. The third-order valence-electron chi connectivity index (χ3n) is 6.18. The minimum Gasteiger partial charge on any atom is -0.486 e. The molecule has 2 aliphatic rings. The van der Waals surface area contributed by atoms with Gasteiger partial charge in [0.05, 0.1) is 5.75 Å². The third-order valence-corrected chi connectivity index (χ3v) is 7.21. The molecule has 7 nitrogen and oxygen atoms in total. The van der Waals surface area contributed by atoms with Crippen LogP contribution in [0.5, 0.6) is 0 Å². The maximum absolute atomic E-state index is 11.5. The van der Waals surface area contributed by atoms with Crippen LogP contribution in [-0.2, 0) is 39.3 Å². The lowest BCUT2D eigenvalue weighted by Gasteiger charge is -2.27. The van der Waals surface area contributed by atoms with Gasteiger partial charge in [-0.15, -0.1) is 0 Å². The summed E-state index contributed by atoms with van der Waals surface area (Å²) < 4.78 is 36.6. The number of sulfone groups is 1. The van der Waals surface area contributed by atoms with Crippen LogP contribution < -0.4 is 5.32 Å². The molecular weight excluding hydrogens is 438 g/mol. The zero-order valence-electron chi connectivity index (χ0n) is 19.5. The molecule has 0 bridgehead atoms. The van der Waals surface area contributed by atoms with Gasteiger partial charge in [0.2, 0.25) is 0 Å². The second kappa shape index (κ2) is 10.1. The van der Waals surface area contributed by atoms with Crippen LogP contribution >= 0.6 is 0 Å². The number of ether oxygens (including phenoxy) is 2. The molecule has 0 unspecified atom stereocenters. The summed E-state index contributed by atoms with van der Waals surface area (Å²) in [7, 11) is -0.784. The van der Waals surface area contributed by atoms with Crippen LogP contribution in [0.4, 0.5) is 5.69 Å². The number of nitrogens with zero attached hydrogens (tertiary/aromatic N) is 2. The van der Waals surface area contributed by atoms with Gasteiger partial charge in [-0.05, 0) is 48.9 Å². The molecule has 1 N–H and O–H groups in total. The summed E-state index contributed by atoms with van der Waals surface area (Å²) in [6.45, 7) is 8.05. The van der Waals surface area contributed by atoms with Gasteiger partial charge in [0.25, 0.3) is 0 Å². The first kappa shape index (κ1) is 23.4. The summed E-state index contributed by atoms with van der Waals surface area (Å²) in [5.41, 5.74) is 4.99. The minimum atomic E-state index is -2.91. The van der Waals surface area contributed by atoms with Crippen LogP contribution in [0, 0.1) is 0 Å². The topological polar surface area (TPSA) is 72.8 Å². The molecule has 3 heterocycles. The Labute approximate surface area is 196 Å². The van der Waals surface area contributed by atoms with Crippen molar-refractivity contribution in [1.82, 2.24) is 9.47 Å². The van der Waals surface area contributed by atoms with E-state index in [1.807, 2.05) is 12.2 Å². The van der Waals surface area contributed by atoms with Crippen LogP contribution in [-0.4, -0.2) is 62.7 Å². The average Bonchev–Trinajstić information content (AvgIpc) is 3.05. The van der Waals surface area contributed by atoms with Crippen molar-refractivity contribution >= 4 is 26.4 Å². The third kappa shape index (κ3) is 5.62. The van der Waals surface area contributed by atoms with Gasteiger partial charge in [-0.3, -0.25) is 4.90 Å². The normalized spacial score (nSPS) is 19.3. The monoisotopic (exact) mass is 471 g/mol. The average molecular weight is 472 g/mol. The van der Waals surface area contributed by atoms with E-state index < -0.39 is 9.84 Å². The zero-order valence-corrected chi connectivity index (χ0v) is 20.3. The van der Waals surface area contributed by atoms with E-state index in [-0.39, 0.29) is 5.75 Å². The molecule has 0 radical (unpaired) electrons. The van der Waals surface area contributed by atoms with E-state index in [1.165, 1.54) is 28.4 Å². The predicted molar refractivity (Wildman–Crippen MR) is 133 cm³/mol. The number of hydrogen-bond donors (Lipinski definition) is 1. The molecule has 1 saturated heterocycles. The Morgan fingerprint density at radius 1 is 1.21 bits per heavy atom. The second-order valence-electron chi connectivity index (χ2n) is 8.64. The Bertz CT molecular complexity index is 1190. The molecule has 0 saturated carbocycles. The molecule has 178 valence electrons. The largest absolute Gasteiger partial charge is 0.486 e. The van der Waals surface area contributed by atoms with Crippen LogP contribution in [0.25, 0.3) is 10.9 Å². The highest BCUT2D eigenvalue weighted by Gasteiger charge is 2.23. The standard InChI is InChI=1S/C25H33N3O4S/c1-4-6-24-25(32-15-14-31-24)9-11-26-19-7-8-22-20(17-19)21-18-28(12-5-16-33(3,29)30)13-10-23(21)27(22)2/h4,6-9,17,26H,1,5,10-16,18H2,2-3H3/b24-6+,25-9+. The molecule has 8 heteroatoms. The van der Waals surface area contributed by atoms with Crippen molar-refractivity contribution in [2.45, 2.75) is 19.4 Å². The smallest absolute Gasteiger partial charge is 0.161 e. The highest BCUT2D eigenvalue weighted by molar-refractivity contribution is 7.90. The molecule has 4 rings (SSSR count). The van der Waals surface area contributed by atoms with Crippen molar-refractivity contribution in [3.8, 4) is 0 Å². The van der Waals surface area contributed by atoms with E-state index in [4.69, 9.17) is 9.47 Å². The fourth-order valence-electron chi connectivity index (χ4n) is 4.59. The summed E-state index contributed by atoms with van der Waals surface area (Å²) in [5, 5.41) is 4.72. The van der Waals surface area contributed by atoms with Gasteiger partial charge >= 0.3 is 0 Å². The van der Waals surface area contributed by atoms with Gasteiger partial charge in [-0.25, -0.2) is 8.42 Å². The van der Waals surface area contributed by atoms with Crippen LogP contribution in [0.15, 0.2) is 54.5 Å². The Hall–Kier alpha value is -2.71. The van der Waals surface area contributed by atoms with Crippen LogP contribution in [0.2, 0.25) is 0 Å². The predicted octanol–water partition coefficient (Wildman–Crippen LogP) is 3.38. The molecule has 0 aliphatic carbocycles. The maximum atomic E-state index is 11.5. The fraction of sp³-hybridized carbons (Fsp3) is 0.440. The van der Waals surface area contributed by atoms with Gasteiger partial charge in [-0.1, -0.05) is 12.7 Å². The van der Waals surface area contributed by atoms with E-state index in [9.17, 15) is 8.42 Å². The lowest BCUT2D eigenvalue weighted by atomic mass is 10.0. The molecule has 2 aromatic rings. The quantitative estimate of drug-likeness (QED) is 0.636. The van der Waals surface area contributed by atoms with Gasteiger partial charge in [0, 0.05) is 61.6 Å². The number of nitrogens with one attached hydrogen (secondary N) is 1. The number of rotatable bonds is 8. The van der Waals surface area contributed by atoms with Crippen molar-refractivity contribution < 1.29 is 17.9 Å². The Balaban J connectivity index is 1.47. The van der Waals surface area contributed by atoms with Crippen LogP contribution in [0.1, 0.15) is 17.7 Å². The maximum Gasteiger partial charge on any atom is 0.161 e. The number of hydrogen-bond acceptors (Lipinski definition) is 6. The first-order valence-electron chi connectivity index (χ1n) is 11.4. The van der Waals surface area contributed by atoms with Crippen molar-refractivity contribution in [3.05, 3.63) is 65.8 Å². The molecule has 0 amide bonds. The minimum absolute atomic E-state index is 0.244. The van der Waals surface area contributed by atoms with Crippen molar-refractivity contribution in [1.29, 1.82) is 0 Å². The molecule has 2 aliphatic heterocycles. The van der Waals surface area contributed by atoms with E-state index in [0.717, 1.165) is 37.5 Å². The Morgan fingerprint density at radius 2 is 2.00 bits per heavy atom. The summed E-state index contributed by atoms with van der Waals surface area (Å²) in [6.07, 6.45) is 8.46. The lowest BCUT2D eigenvalue weighted by Crippen LogP contribution is -2.32. The molecule has 1 aromatic heterocycles. The number of benzene rings is 1. The number of aryl methyl sites for hydroxylation is 1. The summed E-state index contributed by atoms with van der Waals surface area (Å²) in [4.78, 5) is 2.37. The number of aromatic nitrogens is 1. The Morgan fingerprint density at radius 3 is 2.76 bits per heavy atom. The van der Waals surface area contributed by atoms with Crippen molar-refractivity contribution in [3.63, 3.8) is 0 Å². The molecule has 0 spiro atoms. The first-order valence-corrected chi connectivity index (χ1v) is 13.4. The highest BCUT2D eigenvalue weighted by atomic mass is 32.2. The van der Waals surface area contributed by atoms with E-state index in [2.05, 4.69) is 46.6 Å². The van der Waals surface area contributed by atoms with Crippen LogP contribution in [0.3, 0.4) is 0 Å². The zero-order chi connectivity index (χ0) is 23.4. The van der Waals surface area contributed by atoms with Gasteiger partial charge in [0.15, 0.2) is 11.5 Å². The van der Waals surface area contributed by atoms with E-state index in [0.29, 0.717) is 31.9 Å². The summed E-state index contributed by atoms with van der Waals surface area (Å²) in [6, 6.07) is 6.49. The molecular formula is C25H33N3O4S. The number of allylic oxidation sites excluding steroid dienone is 2. The van der Waals surface area contributed by atoms with Gasteiger partial charge in [-0.2, -0.15) is 0 Å². The summed E-state index contributed by atoms with van der Waals surface area (Å²) >= 11 is 0. The van der Waals surface area contributed by atoms with Crippen molar-refractivity contribution in [2.24, 2.45) is 7.05 Å². The second-order valence-corrected chi connectivity index (χ2v) is 10.9. The van der Waals surface area contributed by atoms with Gasteiger partial charge < -0.3 is 19.4 Å². The first-order chi connectivity index (χ1) is 15.9.